The van der Waals surface area contributed by atoms with E-state index in [-0.39, 0.29) is 11.2 Å². The van der Waals surface area contributed by atoms with E-state index < -0.39 is 7.12 Å². The maximum absolute atomic E-state index is 6.03. The van der Waals surface area contributed by atoms with Crippen molar-refractivity contribution >= 4 is 12.6 Å². The van der Waals surface area contributed by atoms with Gasteiger partial charge in [0, 0.05) is 11.7 Å². The van der Waals surface area contributed by atoms with Crippen molar-refractivity contribution in [2.75, 3.05) is 6.61 Å². The summed E-state index contributed by atoms with van der Waals surface area (Å²) in [6, 6.07) is 1.95. The highest BCUT2D eigenvalue weighted by Crippen LogP contribution is 2.36. The van der Waals surface area contributed by atoms with Crippen LogP contribution < -0.4 is 10.2 Å². The monoisotopic (exact) mass is 291 g/mol. The van der Waals surface area contributed by atoms with Crippen LogP contribution in [0.2, 0.25) is 0 Å². The molecule has 21 heavy (non-hydrogen) atoms. The Morgan fingerprint density at radius 2 is 1.76 bits per heavy atom. The maximum atomic E-state index is 6.03. The quantitative estimate of drug-likeness (QED) is 0.782. The minimum atomic E-state index is -0.392. The molecule has 0 unspecified atom stereocenters. The molecule has 2 heterocycles. The Hall–Kier alpha value is -1.07. The van der Waals surface area contributed by atoms with Crippen LogP contribution in [0.15, 0.2) is 18.5 Å². The van der Waals surface area contributed by atoms with Crippen LogP contribution in [0, 0.1) is 5.92 Å². The van der Waals surface area contributed by atoms with Crippen molar-refractivity contribution < 1.29 is 14.0 Å². The molecule has 116 valence electrons. The van der Waals surface area contributed by atoms with E-state index in [1.54, 1.807) is 12.4 Å². The first-order valence-electron chi connectivity index (χ1n) is 7.65. The summed E-state index contributed by atoms with van der Waals surface area (Å²) in [6.45, 7) is 13.2. The average Bonchev–Trinajstić information content (AvgIpc) is 2.58. The van der Waals surface area contributed by atoms with Crippen molar-refractivity contribution in [3.8, 4) is 5.75 Å². The summed E-state index contributed by atoms with van der Waals surface area (Å²) in [5.41, 5.74) is 0.217. The van der Waals surface area contributed by atoms with Gasteiger partial charge < -0.3 is 14.0 Å². The lowest BCUT2D eigenvalue weighted by atomic mass is 9.80. The number of hydrogen-bond donors (Lipinski definition) is 0. The number of ether oxygens (including phenoxy) is 1. The van der Waals surface area contributed by atoms with Crippen molar-refractivity contribution in [2.45, 2.75) is 59.2 Å². The molecule has 1 aromatic rings. The summed E-state index contributed by atoms with van der Waals surface area (Å²) in [5, 5.41) is 0. The van der Waals surface area contributed by atoms with Gasteiger partial charge in [0.15, 0.2) is 0 Å². The van der Waals surface area contributed by atoms with E-state index >= 15 is 0 Å². The van der Waals surface area contributed by atoms with E-state index in [0.717, 1.165) is 17.6 Å². The molecule has 1 saturated heterocycles. The molecule has 2 rings (SSSR count). The third-order valence-corrected chi connectivity index (χ3v) is 4.22. The van der Waals surface area contributed by atoms with Gasteiger partial charge in [-0.3, -0.25) is 4.98 Å². The summed E-state index contributed by atoms with van der Waals surface area (Å²) in [5.74, 6) is 1.40. The second-order valence-corrected chi connectivity index (χ2v) is 7.07. The molecule has 1 aliphatic rings. The summed E-state index contributed by atoms with van der Waals surface area (Å²) in [4.78, 5) is 4.24. The predicted molar refractivity (Wildman–Crippen MR) is 84.9 cm³/mol. The zero-order valence-electron chi connectivity index (χ0n) is 14.0. The molecule has 4 nitrogen and oxygen atoms in total. The van der Waals surface area contributed by atoms with Crippen molar-refractivity contribution in [3.05, 3.63) is 18.5 Å². The lowest BCUT2D eigenvalue weighted by Gasteiger charge is -2.32. The maximum Gasteiger partial charge on any atom is 0.496 e. The third kappa shape index (κ3) is 3.77. The standard InChI is InChI=1S/C16H26BNO3/c1-12(2)7-8-19-14-9-13(10-18-11-14)17-20-15(3,4)16(5,6)21-17/h9-12H,7-8H2,1-6H3. The van der Waals surface area contributed by atoms with Gasteiger partial charge in [0.2, 0.25) is 0 Å². The van der Waals surface area contributed by atoms with Gasteiger partial charge in [-0.15, -0.1) is 0 Å². The molecule has 5 heteroatoms. The molecule has 0 spiro atoms. The van der Waals surface area contributed by atoms with Crippen molar-refractivity contribution in [3.63, 3.8) is 0 Å². The van der Waals surface area contributed by atoms with E-state index in [4.69, 9.17) is 14.0 Å². The Kier molecular flexibility index (Phi) is 4.64. The van der Waals surface area contributed by atoms with E-state index in [9.17, 15) is 0 Å². The summed E-state index contributed by atoms with van der Waals surface area (Å²) < 4.78 is 17.8. The molecule has 1 aromatic heterocycles. The van der Waals surface area contributed by atoms with Gasteiger partial charge in [-0.2, -0.15) is 0 Å². The fourth-order valence-corrected chi connectivity index (χ4v) is 2.04. The Bertz CT molecular complexity index is 472. The molecule has 0 aromatic carbocycles. The van der Waals surface area contributed by atoms with Gasteiger partial charge in [-0.05, 0) is 46.1 Å². The number of rotatable bonds is 5. The summed E-state index contributed by atoms with van der Waals surface area (Å²) in [6.07, 6.45) is 4.53. The van der Waals surface area contributed by atoms with Gasteiger partial charge in [-0.1, -0.05) is 13.8 Å². The third-order valence-electron chi connectivity index (χ3n) is 4.22. The second kappa shape index (κ2) is 5.97. The van der Waals surface area contributed by atoms with E-state index in [2.05, 4.69) is 18.8 Å². The fourth-order valence-electron chi connectivity index (χ4n) is 2.04. The molecule has 0 atom stereocenters. The molecule has 0 saturated carbocycles. The molecule has 0 amide bonds. The van der Waals surface area contributed by atoms with Gasteiger partial charge in [0.25, 0.3) is 0 Å². The lowest BCUT2D eigenvalue weighted by Crippen LogP contribution is -2.41. The smallest absolute Gasteiger partial charge is 0.492 e. The van der Waals surface area contributed by atoms with Gasteiger partial charge in [0.1, 0.15) is 5.75 Å². The first-order valence-corrected chi connectivity index (χ1v) is 7.65. The Morgan fingerprint density at radius 3 is 2.33 bits per heavy atom. The highest BCUT2D eigenvalue weighted by atomic mass is 16.7. The van der Waals surface area contributed by atoms with Gasteiger partial charge in [-0.25, -0.2) is 0 Å². The Labute approximate surface area is 128 Å². The van der Waals surface area contributed by atoms with Crippen LogP contribution in [0.4, 0.5) is 0 Å². The van der Waals surface area contributed by atoms with Crippen molar-refractivity contribution in [2.24, 2.45) is 5.92 Å². The lowest BCUT2D eigenvalue weighted by molar-refractivity contribution is 0.00578. The first kappa shape index (κ1) is 16.3. The SMILES string of the molecule is CC(C)CCOc1cncc(B2OC(C)(C)C(C)(C)O2)c1. The number of pyridine rings is 1. The van der Waals surface area contributed by atoms with Crippen LogP contribution in [0.5, 0.6) is 5.75 Å². The summed E-state index contributed by atoms with van der Waals surface area (Å²) >= 11 is 0. The van der Waals surface area contributed by atoms with Gasteiger partial charge in [0.05, 0.1) is 24.0 Å². The average molecular weight is 291 g/mol. The van der Waals surface area contributed by atoms with E-state index in [1.807, 2.05) is 33.8 Å². The van der Waals surface area contributed by atoms with Crippen LogP contribution in [0.3, 0.4) is 0 Å². The van der Waals surface area contributed by atoms with Crippen molar-refractivity contribution in [1.29, 1.82) is 0 Å². The van der Waals surface area contributed by atoms with Crippen LogP contribution in [0.1, 0.15) is 48.0 Å². The first-order chi connectivity index (χ1) is 9.71. The minimum absolute atomic E-state index is 0.341. The molecular weight excluding hydrogens is 265 g/mol. The number of hydrogen-bond acceptors (Lipinski definition) is 4. The largest absolute Gasteiger partial charge is 0.496 e. The molecule has 0 bridgehead atoms. The Morgan fingerprint density at radius 1 is 1.14 bits per heavy atom. The summed E-state index contributed by atoms with van der Waals surface area (Å²) in [7, 11) is -0.392. The number of aromatic nitrogens is 1. The molecule has 0 radical (unpaired) electrons. The fraction of sp³-hybridized carbons (Fsp3) is 0.688. The molecule has 0 aliphatic carbocycles. The zero-order valence-corrected chi connectivity index (χ0v) is 14.0. The van der Waals surface area contributed by atoms with Crippen LogP contribution in [0.25, 0.3) is 0 Å². The van der Waals surface area contributed by atoms with Crippen molar-refractivity contribution in [1.82, 2.24) is 4.98 Å². The molecule has 0 N–H and O–H groups in total. The van der Waals surface area contributed by atoms with E-state index in [1.165, 1.54) is 0 Å². The highest BCUT2D eigenvalue weighted by molar-refractivity contribution is 6.62. The highest BCUT2D eigenvalue weighted by Gasteiger charge is 2.51. The van der Waals surface area contributed by atoms with Crippen LogP contribution in [-0.4, -0.2) is 29.9 Å². The molecular formula is C16H26BNO3. The van der Waals surface area contributed by atoms with Gasteiger partial charge >= 0.3 is 7.12 Å². The minimum Gasteiger partial charge on any atom is -0.492 e. The topological polar surface area (TPSA) is 40.6 Å². The second-order valence-electron chi connectivity index (χ2n) is 7.07. The Balaban J connectivity index is 2.05. The molecule has 1 fully saturated rings. The molecule has 1 aliphatic heterocycles. The zero-order chi connectivity index (χ0) is 15.7. The number of nitrogens with zero attached hydrogens (tertiary/aromatic N) is 1. The van der Waals surface area contributed by atoms with Crippen LogP contribution in [-0.2, 0) is 9.31 Å². The van der Waals surface area contributed by atoms with Crippen LogP contribution >= 0.6 is 0 Å². The normalized spacial score (nSPS) is 20.0. The van der Waals surface area contributed by atoms with E-state index in [0.29, 0.717) is 12.5 Å². The predicted octanol–water partition coefficient (Wildman–Crippen LogP) is 2.81.